The third-order valence-corrected chi connectivity index (χ3v) is 4.46. The van der Waals surface area contributed by atoms with Crippen molar-refractivity contribution in [3.63, 3.8) is 0 Å². The van der Waals surface area contributed by atoms with Crippen LogP contribution in [0.25, 0.3) is 4.96 Å². The van der Waals surface area contributed by atoms with Crippen molar-refractivity contribution in [2.24, 2.45) is 0 Å². The molecular formula is C13H17N3O2S. The summed E-state index contributed by atoms with van der Waals surface area (Å²) in [7, 11) is 0. The molecule has 2 heterocycles. The number of fused-ring (bicyclic) bond motifs is 1. The van der Waals surface area contributed by atoms with E-state index in [1.165, 1.54) is 30.6 Å². The van der Waals surface area contributed by atoms with Crippen molar-refractivity contribution in [3.05, 3.63) is 33.7 Å². The lowest BCUT2D eigenvalue weighted by Crippen LogP contribution is -2.41. The van der Waals surface area contributed by atoms with Gasteiger partial charge in [0.25, 0.3) is 5.56 Å². The Morgan fingerprint density at radius 1 is 1.53 bits per heavy atom. The summed E-state index contributed by atoms with van der Waals surface area (Å²) >= 11 is 1.47. The summed E-state index contributed by atoms with van der Waals surface area (Å²) in [5.41, 5.74) is 0.770. The molecule has 2 aromatic rings. The summed E-state index contributed by atoms with van der Waals surface area (Å²) in [6, 6.07) is 2.14. The Morgan fingerprint density at radius 2 is 2.37 bits per heavy atom. The van der Waals surface area contributed by atoms with Gasteiger partial charge in [0.1, 0.15) is 0 Å². The Labute approximate surface area is 115 Å². The number of hydrogen-bond acceptors (Lipinski definition) is 5. The molecule has 0 unspecified atom stereocenters. The quantitative estimate of drug-likeness (QED) is 0.890. The number of aliphatic hydroxyl groups excluding tert-OH is 1. The smallest absolute Gasteiger partial charge is 0.258 e. The van der Waals surface area contributed by atoms with Gasteiger partial charge in [-0.15, -0.1) is 11.3 Å². The van der Waals surface area contributed by atoms with E-state index >= 15 is 0 Å². The number of hydrogen-bond donors (Lipinski definition) is 1. The molecule has 0 spiro atoms. The van der Waals surface area contributed by atoms with Crippen molar-refractivity contribution in [1.29, 1.82) is 0 Å². The predicted octanol–water partition coefficient (Wildman–Crippen LogP) is 1.10. The molecule has 0 aromatic carbocycles. The van der Waals surface area contributed by atoms with E-state index < -0.39 is 0 Å². The third-order valence-electron chi connectivity index (χ3n) is 3.70. The zero-order valence-corrected chi connectivity index (χ0v) is 11.5. The van der Waals surface area contributed by atoms with Crippen molar-refractivity contribution in [3.8, 4) is 0 Å². The van der Waals surface area contributed by atoms with Gasteiger partial charge < -0.3 is 5.11 Å². The van der Waals surface area contributed by atoms with Gasteiger partial charge in [0.15, 0.2) is 4.96 Å². The highest BCUT2D eigenvalue weighted by molar-refractivity contribution is 7.15. The molecule has 1 N–H and O–H groups in total. The average Bonchev–Trinajstić information content (AvgIpc) is 2.75. The van der Waals surface area contributed by atoms with Crippen LogP contribution in [0.2, 0.25) is 0 Å². The summed E-state index contributed by atoms with van der Waals surface area (Å²) in [5, 5.41) is 11.0. The topological polar surface area (TPSA) is 57.8 Å². The maximum absolute atomic E-state index is 11.9. The van der Waals surface area contributed by atoms with Crippen LogP contribution in [0.1, 0.15) is 25.0 Å². The van der Waals surface area contributed by atoms with Crippen molar-refractivity contribution >= 4 is 16.3 Å². The largest absolute Gasteiger partial charge is 0.395 e. The summed E-state index contributed by atoms with van der Waals surface area (Å²) < 4.78 is 1.56. The molecule has 0 atom stereocenters. The van der Waals surface area contributed by atoms with Gasteiger partial charge in [0.05, 0.1) is 12.3 Å². The Morgan fingerprint density at radius 3 is 3.05 bits per heavy atom. The van der Waals surface area contributed by atoms with E-state index in [0.717, 1.165) is 10.7 Å². The molecule has 1 aliphatic carbocycles. The van der Waals surface area contributed by atoms with Crippen LogP contribution < -0.4 is 5.56 Å². The minimum absolute atomic E-state index is 0.0289. The van der Waals surface area contributed by atoms with E-state index in [1.807, 2.05) is 5.38 Å². The summed E-state index contributed by atoms with van der Waals surface area (Å²) in [5.74, 6) is 0. The van der Waals surface area contributed by atoms with Gasteiger partial charge in [-0.2, -0.15) is 0 Å². The van der Waals surface area contributed by atoms with Crippen molar-refractivity contribution in [2.45, 2.75) is 31.8 Å². The highest BCUT2D eigenvalue weighted by Gasteiger charge is 2.25. The second-order valence-electron chi connectivity index (χ2n) is 4.92. The number of thiazole rings is 1. The van der Waals surface area contributed by atoms with Gasteiger partial charge in [0, 0.05) is 36.8 Å². The average molecular weight is 279 g/mol. The highest BCUT2D eigenvalue weighted by Crippen LogP contribution is 2.25. The number of nitrogens with zero attached hydrogens (tertiary/aromatic N) is 3. The van der Waals surface area contributed by atoms with E-state index in [1.54, 1.807) is 16.7 Å². The number of aliphatic hydroxyl groups is 1. The molecule has 1 fully saturated rings. The second kappa shape index (κ2) is 5.40. The normalized spacial score (nSPS) is 16.1. The maximum Gasteiger partial charge on any atom is 0.258 e. The van der Waals surface area contributed by atoms with E-state index in [4.69, 9.17) is 5.11 Å². The van der Waals surface area contributed by atoms with Gasteiger partial charge >= 0.3 is 0 Å². The zero-order chi connectivity index (χ0) is 13.2. The van der Waals surface area contributed by atoms with Crippen molar-refractivity contribution in [1.82, 2.24) is 14.3 Å². The monoisotopic (exact) mass is 279 g/mol. The van der Waals surface area contributed by atoms with Crippen molar-refractivity contribution in [2.75, 3.05) is 13.2 Å². The van der Waals surface area contributed by atoms with Gasteiger partial charge in [0.2, 0.25) is 0 Å². The Balaban J connectivity index is 1.84. The molecule has 2 aromatic heterocycles. The fourth-order valence-corrected chi connectivity index (χ4v) is 3.19. The summed E-state index contributed by atoms with van der Waals surface area (Å²) in [6.07, 6.45) is 5.36. The molecule has 6 heteroatoms. The fraction of sp³-hybridized carbons (Fsp3) is 0.538. The Kier molecular flexibility index (Phi) is 3.63. The van der Waals surface area contributed by atoms with Gasteiger partial charge in [-0.05, 0) is 12.8 Å². The lowest BCUT2D eigenvalue weighted by atomic mass is 9.91. The van der Waals surface area contributed by atoms with Crippen LogP contribution in [0.4, 0.5) is 0 Å². The predicted molar refractivity (Wildman–Crippen MR) is 74.5 cm³/mol. The van der Waals surface area contributed by atoms with Gasteiger partial charge in [-0.3, -0.25) is 14.1 Å². The Hall–Kier alpha value is -1.24. The first kappa shape index (κ1) is 12.8. The molecule has 0 aliphatic heterocycles. The molecule has 1 saturated carbocycles. The maximum atomic E-state index is 11.9. The van der Waals surface area contributed by atoms with Gasteiger partial charge in [-0.25, -0.2) is 4.98 Å². The van der Waals surface area contributed by atoms with Crippen LogP contribution in [-0.4, -0.2) is 38.6 Å². The molecular weight excluding hydrogens is 262 g/mol. The minimum Gasteiger partial charge on any atom is -0.395 e. The molecule has 5 nitrogen and oxygen atoms in total. The van der Waals surface area contributed by atoms with E-state index in [-0.39, 0.29) is 12.2 Å². The lowest BCUT2D eigenvalue weighted by molar-refractivity contribution is 0.0934. The molecule has 19 heavy (non-hydrogen) atoms. The summed E-state index contributed by atoms with van der Waals surface area (Å²) in [6.45, 7) is 1.45. The van der Waals surface area contributed by atoms with Gasteiger partial charge in [-0.1, -0.05) is 6.42 Å². The zero-order valence-electron chi connectivity index (χ0n) is 10.7. The van der Waals surface area contributed by atoms with E-state index in [9.17, 15) is 4.79 Å². The van der Waals surface area contributed by atoms with E-state index in [0.29, 0.717) is 19.1 Å². The second-order valence-corrected chi connectivity index (χ2v) is 5.79. The Bertz CT molecular complexity index is 618. The molecule has 3 rings (SSSR count). The first-order valence-electron chi connectivity index (χ1n) is 6.58. The van der Waals surface area contributed by atoms with Crippen LogP contribution in [-0.2, 0) is 6.54 Å². The SMILES string of the molecule is O=c1cc(CN(CCO)C2CCC2)nc2sccn12. The highest BCUT2D eigenvalue weighted by atomic mass is 32.1. The van der Waals surface area contributed by atoms with Crippen LogP contribution in [0.15, 0.2) is 22.4 Å². The van der Waals surface area contributed by atoms with Crippen LogP contribution in [0.3, 0.4) is 0 Å². The minimum atomic E-state index is -0.0289. The molecule has 0 saturated heterocycles. The van der Waals surface area contributed by atoms with Crippen molar-refractivity contribution < 1.29 is 5.11 Å². The summed E-state index contributed by atoms with van der Waals surface area (Å²) in [4.78, 5) is 19.4. The number of rotatable bonds is 5. The molecule has 0 amide bonds. The fourth-order valence-electron chi connectivity index (χ4n) is 2.45. The standard InChI is InChI=1S/C13H17N3O2S/c17-6-4-15(11-2-1-3-11)9-10-8-12(18)16-5-7-19-13(16)14-10/h5,7-8,11,17H,1-4,6,9H2. The molecule has 0 bridgehead atoms. The molecule has 0 radical (unpaired) electrons. The molecule has 1 aliphatic rings. The molecule has 102 valence electrons. The lowest BCUT2D eigenvalue weighted by Gasteiger charge is -2.36. The van der Waals surface area contributed by atoms with Crippen LogP contribution >= 0.6 is 11.3 Å². The number of aromatic nitrogens is 2. The van der Waals surface area contributed by atoms with E-state index in [2.05, 4.69) is 9.88 Å². The van der Waals surface area contributed by atoms with Crippen LogP contribution in [0.5, 0.6) is 0 Å². The van der Waals surface area contributed by atoms with Crippen LogP contribution in [0, 0.1) is 0 Å². The third kappa shape index (κ3) is 2.56. The first-order chi connectivity index (χ1) is 9.28. The first-order valence-corrected chi connectivity index (χ1v) is 7.46.